The minimum absolute atomic E-state index is 0.599. The second-order valence-corrected chi connectivity index (χ2v) is 5.98. The Bertz CT molecular complexity index is 735. The van der Waals surface area contributed by atoms with Crippen LogP contribution in [0.25, 0.3) is 0 Å². The molecule has 23 heavy (non-hydrogen) atoms. The molecule has 1 nitrogen and oxygen atoms in total. The number of halogens is 1. The van der Waals surface area contributed by atoms with Crippen LogP contribution >= 0.6 is 11.6 Å². The molecule has 2 heteroatoms. The van der Waals surface area contributed by atoms with Crippen molar-refractivity contribution in [1.29, 1.82) is 0 Å². The molecule has 3 rings (SSSR count). The third-order valence-electron chi connectivity index (χ3n) is 3.76. The number of benzene rings is 3. The summed E-state index contributed by atoms with van der Waals surface area (Å²) in [4.78, 5) is 0. The Labute approximate surface area is 142 Å². The van der Waals surface area contributed by atoms with Gasteiger partial charge in [-0.2, -0.15) is 0 Å². The predicted octanol–water partition coefficient (Wildman–Crippen LogP) is 5.70. The highest BCUT2D eigenvalue weighted by Gasteiger charge is 2.00. The van der Waals surface area contributed by atoms with E-state index >= 15 is 0 Å². The van der Waals surface area contributed by atoms with Crippen molar-refractivity contribution < 1.29 is 4.74 Å². The molecule has 0 bridgehead atoms. The van der Waals surface area contributed by atoms with E-state index in [1.807, 2.05) is 36.4 Å². The molecule has 0 saturated heterocycles. The fourth-order valence-corrected chi connectivity index (χ4v) is 2.60. The lowest BCUT2D eigenvalue weighted by molar-refractivity contribution is 0.306. The average Bonchev–Trinajstić information content (AvgIpc) is 2.61. The van der Waals surface area contributed by atoms with Gasteiger partial charge in [0.2, 0.25) is 0 Å². The first-order chi connectivity index (χ1) is 11.3. The lowest BCUT2D eigenvalue weighted by atomic mass is 10.0. The van der Waals surface area contributed by atoms with Crippen LogP contribution in [0.5, 0.6) is 5.75 Å². The van der Waals surface area contributed by atoms with Crippen molar-refractivity contribution in [3.05, 3.63) is 101 Å². The third kappa shape index (κ3) is 4.87. The van der Waals surface area contributed by atoms with Crippen molar-refractivity contribution in [1.82, 2.24) is 0 Å². The van der Waals surface area contributed by atoms with E-state index in [0.29, 0.717) is 6.61 Å². The number of hydrogen-bond acceptors (Lipinski definition) is 1. The number of hydrogen-bond donors (Lipinski definition) is 0. The number of aryl methyl sites for hydroxylation is 2. The summed E-state index contributed by atoms with van der Waals surface area (Å²) in [5.41, 5.74) is 3.76. The Morgan fingerprint density at radius 2 is 1.35 bits per heavy atom. The monoisotopic (exact) mass is 322 g/mol. The van der Waals surface area contributed by atoms with Gasteiger partial charge >= 0.3 is 0 Å². The fraction of sp³-hybridized carbons (Fsp3) is 0.143. The summed E-state index contributed by atoms with van der Waals surface area (Å²) in [6.45, 7) is 0.599. The highest BCUT2D eigenvalue weighted by Crippen LogP contribution is 2.17. The van der Waals surface area contributed by atoms with Crippen molar-refractivity contribution in [2.24, 2.45) is 0 Å². The first-order valence-electron chi connectivity index (χ1n) is 7.80. The van der Waals surface area contributed by atoms with Crippen LogP contribution in [-0.4, -0.2) is 0 Å². The molecule has 0 radical (unpaired) electrons. The molecule has 0 amide bonds. The van der Waals surface area contributed by atoms with Crippen LogP contribution in [0.3, 0.4) is 0 Å². The first-order valence-corrected chi connectivity index (χ1v) is 8.17. The van der Waals surface area contributed by atoms with Crippen LogP contribution in [-0.2, 0) is 19.4 Å². The smallest absolute Gasteiger partial charge is 0.120 e. The SMILES string of the molecule is Clc1ccc(CCc2cccc(OCc3ccccc3)c2)cc1. The molecule has 0 aliphatic carbocycles. The molecule has 0 unspecified atom stereocenters. The van der Waals surface area contributed by atoms with Gasteiger partial charge in [0.05, 0.1) is 0 Å². The second-order valence-electron chi connectivity index (χ2n) is 5.55. The molecule has 3 aromatic rings. The van der Waals surface area contributed by atoms with Gasteiger partial charge in [0.15, 0.2) is 0 Å². The molecule has 0 saturated carbocycles. The highest BCUT2D eigenvalue weighted by molar-refractivity contribution is 6.30. The maximum atomic E-state index is 5.92. The minimum Gasteiger partial charge on any atom is -0.489 e. The number of ether oxygens (including phenoxy) is 1. The van der Waals surface area contributed by atoms with Crippen molar-refractivity contribution in [2.45, 2.75) is 19.4 Å². The summed E-state index contributed by atoms with van der Waals surface area (Å²) in [5, 5.41) is 0.782. The summed E-state index contributed by atoms with van der Waals surface area (Å²) >= 11 is 5.92. The van der Waals surface area contributed by atoms with Crippen LogP contribution in [0, 0.1) is 0 Å². The first kappa shape index (κ1) is 15.6. The molecule has 0 fully saturated rings. The zero-order chi connectivity index (χ0) is 15.9. The van der Waals surface area contributed by atoms with Crippen LogP contribution in [0.4, 0.5) is 0 Å². The van der Waals surface area contributed by atoms with Gasteiger partial charge < -0.3 is 4.74 Å². The van der Waals surface area contributed by atoms with Crippen LogP contribution in [0.15, 0.2) is 78.9 Å². The van der Waals surface area contributed by atoms with E-state index in [2.05, 4.69) is 42.5 Å². The largest absolute Gasteiger partial charge is 0.489 e. The Morgan fingerprint density at radius 3 is 2.13 bits per heavy atom. The molecular weight excluding hydrogens is 304 g/mol. The predicted molar refractivity (Wildman–Crippen MR) is 96.1 cm³/mol. The fourth-order valence-electron chi connectivity index (χ4n) is 2.47. The van der Waals surface area contributed by atoms with Crippen molar-refractivity contribution in [3.63, 3.8) is 0 Å². The molecule has 0 heterocycles. The molecule has 0 atom stereocenters. The van der Waals surface area contributed by atoms with E-state index in [0.717, 1.165) is 23.6 Å². The van der Waals surface area contributed by atoms with E-state index < -0.39 is 0 Å². The molecule has 0 aliphatic heterocycles. The summed E-state index contributed by atoms with van der Waals surface area (Å²) in [5.74, 6) is 0.919. The van der Waals surface area contributed by atoms with Gasteiger partial charge in [-0.1, -0.05) is 66.2 Å². The summed E-state index contributed by atoms with van der Waals surface area (Å²) < 4.78 is 5.88. The van der Waals surface area contributed by atoms with Crippen molar-refractivity contribution in [2.75, 3.05) is 0 Å². The van der Waals surface area contributed by atoms with Crippen LogP contribution in [0.1, 0.15) is 16.7 Å². The molecule has 0 aromatic heterocycles. The molecule has 3 aromatic carbocycles. The standard InChI is InChI=1S/C21H19ClO/c22-20-13-11-17(12-14-20)9-10-18-7-4-8-21(15-18)23-16-19-5-2-1-3-6-19/h1-8,11-15H,9-10,16H2. The maximum absolute atomic E-state index is 5.92. The van der Waals surface area contributed by atoms with E-state index in [1.165, 1.54) is 16.7 Å². The Balaban J connectivity index is 1.57. The Kier molecular flexibility index (Phi) is 5.33. The van der Waals surface area contributed by atoms with Gasteiger partial charge in [-0.25, -0.2) is 0 Å². The molecule has 0 N–H and O–H groups in total. The molecule has 0 spiro atoms. The lowest BCUT2D eigenvalue weighted by Crippen LogP contribution is -1.96. The van der Waals surface area contributed by atoms with Gasteiger partial charge in [-0.05, 0) is 53.8 Å². The summed E-state index contributed by atoms with van der Waals surface area (Å²) in [7, 11) is 0. The molecule has 116 valence electrons. The van der Waals surface area contributed by atoms with Crippen LogP contribution in [0.2, 0.25) is 5.02 Å². The topological polar surface area (TPSA) is 9.23 Å². The maximum Gasteiger partial charge on any atom is 0.120 e. The quantitative estimate of drug-likeness (QED) is 0.565. The van der Waals surface area contributed by atoms with Gasteiger partial charge in [-0.3, -0.25) is 0 Å². The van der Waals surface area contributed by atoms with Crippen LogP contribution < -0.4 is 4.74 Å². The Morgan fingerprint density at radius 1 is 0.652 bits per heavy atom. The zero-order valence-electron chi connectivity index (χ0n) is 12.9. The normalized spacial score (nSPS) is 10.5. The summed E-state index contributed by atoms with van der Waals surface area (Å²) in [6, 6.07) is 26.6. The molecular formula is C21H19ClO. The van der Waals surface area contributed by atoms with E-state index in [1.54, 1.807) is 0 Å². The number of rotatable bonds is 6. The van der Waals surface area contributed by atoms with Crippen molar-refractivity contribution in [3.8, 4) is 5.75 Å². The van der Waals surface area contributed by atoms with Gasteiger partial charge in [0, 0.05) is 5.02 Å². The lowest BCUT2D eigenvalue weighted by Gasteiger charge is -2.08. The average molecular weight is 323 g/mol. The van der Waals surface area contributed by atoms with Gasteiger partial charge in [0.25, 0.3) is 0 Å². The Hall–Kier alpha value is -2.25. The van der Waals surface area contributed by atoms with E-state index in [9.17, 15) is 0 Å². The van der Waals surface area contributed by atoms with Gasteiger partial charge in [-0.15, -0.1) is 0 Å². The molecule has 0 aliphatic rings. The van der Waals surface area contributed by atoms with Gasteiger partial charge in [0.1, 0.15) is 12.4 Å². The van der Waals surface area contributed by atoms with Crippen molar-refractivity contribution >= 4 is 11.6 Å². The minimum atomic E-state index is 0.599. The van der Waals surface area contributed by atoms with E-state index in [4.69, 9.17) is 16.3 Å². The zero-order valence-corrected chi connectivity index (χ0v) is 13.7. The van der Waals surface area contributed by atoms with E-state index in [-0.39, 0.29) is 0 Å². The third-order valence-corrected chi connectivity index (χ3v) is 4.01. The highest BCUT2D eigenvalue weighted by atomic mass is 35.5. The summed E-state index contributed by atoms with van der Waals surface area (Å²) in [6.07, 6.45) is 1.99. The second kappa shape index (κ2) is 7.85.